The van der Waals surface area contributed by atoms with Gasteiger partial charge in [-0.2, -0.15) is 0 Å². The van der Waals surface area contributed by atoms with Crippen molar-refractivity contribution in [1.82, 2.24) is 25.2 Å². The number of rotatable bonds is 4. The highest BCUT2D eigenvalue weighted by Crippen LogP contribution is 2.27. The number of fused-ring (bicyclic) bond motifs is 1. The number of imide groups is 1. The zero-order valence-electron chi connectivity index (χ0n) is 17.5. The Morgan fingerprint density at radius 1 is 0.969 bits per heavy atom. The van der Waals surface area contributed by atoms with Crippen molar-refractivity contribution < 1.29 is 14.4 Å². The van der Waals surface area contributed by atoms with E-state index >= 15 is 0 Å². The van der Waals surface area contributed by atoms with E-state index in [0.29, 0.717) is 17.3 Å². The molecular weight excluding hydrogens is 432 g/mol. The van der Waals surface area contributed by atoms with Gasteiger partial charge in [0.25, 0.3) is 5.91 Å². The molecule has 0 unspecified atom stereocenters. The second kappa shape index (κ2) is 8.40. The lowest BCUT2D eigenvalue weighted by atomic mass is 10.1. The highest BCUT2D eigenvalue weighted by atomic mass is 35.5. The van der Waals surface area contributed by atoms with Crippen molar-refractivity contribution in [3.63, 3.8) is 0 Å². The second-order valence-electron chi connectivity index (χ2n) is 8.18. The monoisotopic (exact) mass is 454 g/mol. The van der Waals surface area contributed by atoms with Gasteiger partial charge in [-0.15, -0.1) is 0 Å². The number of nitrogens with zero attached hydrogens (tertiary/aromatic N) is 5. The maximum atomic E-state index is 12.8. The average Bonchev–Trinajstić information content (AvgIpc) is 3.10. The van der Waals surface area contributed by atoms with Crippen molar-refractivity contribution in [2.24, 2.45) is 0 Å². The van der Waals surface area contributed by atoms with Crippen molar-refractivity contribution in [1.29, 1.82) is 0 Å². The summed E-state index contributed by atoms with van der Waals surface area (Å²) >= 11 is 6.02. The smallest absolute Gasteiger partial charge is 0.342 e. The Morgan fingerprint density at radius 2 is 1.78 bits per heavy atom. The molecule has 2 aromatic rings. The molecule has 32 heavy (non-hydrogen) atoms. The van der Waals surface area contributed by atoms with E-state index in [1.165, 1.54) is 10.0 Å². The third-order valence-corrected chi connectivity index (χ3v) is 6.34. The lowest BCUT2D eigenvalue weighted by Gasteiger charge is -2.36. The van der Waals surface area contributed by atoms with Crippen LogP contribution in [0.25, 0.3) is 0 Å². The van der Waals surface area contributed by atoms with E-state index < -0.39 is 6.03 Å². The van der Waals surface area contributed by atoms with Crippen molar-refractivity contribution >= 4 is 35.1 Å². The van der Waals surface area contributed by atoms with Crippen molar-refractivity contribution in [3.8, 4) is 0 Å². The molecule has 0 aliphatic carbocycles. The number of amides is 4. The average molecular weight is 455 g/mol. The molecule has 3 aliphatic heterocycles. The van der Waals surface area contributed by atoms with Crippen LogP contribution in [0.1, 0.15) is 27.9 Å². The predicted molar refractivity (Wildman–Crippen MR) is 118 cm³/mol. The molecule has 10 heteroatoms. The molecule has 0 radical (unpaired) electrons. The Labute approximate surface area is 190 Å². The number of carbonyl (C=O) groups excluding carboxylic acids is 3. The van der Waals surface area contributed by atoms with Crippen LogP contribution in [0, 0.1) is 0 Å². The molecule has 0 atom stereocenters. The van der Waals surface area contributed by atoms with E-state index in [1.54, 1.807) is 6.20 Å². The number of pyridine rings is 1. The zero-order valence-corrected chi connectivity index (χ0v) is 18.2. The SMILES string of the molecule is O=C1CCN(N2Cc3cc(CN4CCN(c5ccnc(Cl)c5)CC4)ccc3C2=O)C(=O)N1. The summed E-state index contributed by atoms with van der Waals surface area (Å²) in [4.78, 5) is 45.1. The van der Waals surface area contributed by atoms with E-state index in [0.717, 1.165) is 49.5 Å². The molecule has 2 saturated heterocycles. The number of aromatic nitrogens is 1. The fourth-order valence-corrected chi connectivity index (χ4v) is 4.62. The van der Waals surface area contributed by atoms with Crippen LogP contribution >= 0.6 is 11.6 Å². The number of hydrogen-bond acceptors (Lipinski definition) is 6. The first-order valence-corrected chi connectivity index (χ1v) is 11.0. The van der Waals surface area contributed by atoms with Gasteiger partial charge in [-0.1, -0.05) is 23.7 Å². The molecule has 5 rings (SSSR count). The number of benzene rings is 1. The predicted octanol–water partition coefficient (Wildman–Crippen LogP) is 1.87. The molecule has 9 nitrogen and oxygen atoms in total. The standard InChI is InChI=1S/C22H23ClN6O3/c23-19-12-17(3-5-24-19)27-9-7-26(8-10-27)13-15-1-2-18-16(11-15)14-29(21(18)31)28-6-4-20(30)25-22(28)32/h1-3,5,11-12H,4,6-10,13-14H2,(H,25,30,32). The first-order chi connectivity index (χ1) is 15.5. The zero-order chi connectivity index (χ0) is 22.2. The summed E-state index contributed by atoms with van der Waals surface area (Å²) in [5, 5.41) is 5.52. The Bertz CT molecular complexity index is 1090. The molecule has 4 amide bonds. The Balaban J connectivity index is 1.21. The second-order valence-corrected chi connectivity index (χ2v) is 8.57. The summed E-state index contributed by atoms with van der Waals surface area (Å²) < 4.78 is 0. The summed E-state index contributed by atoms with van der Waals surface area (Å²) in [6.45, 7) is 4.99. The third-order valence-electron chi connectivity index (χ3n) is 6.13. The first kappa shape index (κ1) is 20.7. The van der Waals surface area contributed by atoms with Gasteiger partial charge in [0.1, 0.15) is 5.15 Å². The molecule has 1 N–H and O–H groups in total. The van der Waals surface area contributed by atoms with Crippen LogP contribution in [-0.2, 0) is 17.9 Å². The van der Waals surface area contributed by atoms with Gasteiger partial charge in [-0.05, 0) is 29.3 Å². The molecule has 166 valence electrons. The molecule has 0 saturated carbocycles. The fraction of sp³-hybridized carbons (Fsp3) is 0.364. The lowest BCUT2D eigenvalue weighted by molar-refractivity contribution is -0.123. The maximum Gasteiger partial charge on any atom is 0.342 e. The first-order valence-electron chi connectivity index (χ1n) is 10.6. The van der Waals surface area contributed by atoms with E-state index in [-0.39, 0.29) is 24.8 Å². The van der Waals surface area contributed by atoms with Crippen LogP contribution in [0.3, 0.4) is 0 Å². The van der Waals surface area contributed by atoms with Crippen LogP contribution in [0.5, 0.6) is 0 Å². The largest absolute Gasteiger partial charge is 0.369 e. The number of piperazine rings is 1. The number of hydrazine groups is 1. The summed E-state index contributed by atoms with van der Waals surface area (Å²) in [5.41, 5.74) is 3.74. The Hall–Kier alpha value is -3.17. The summed E-state index contributed by atoms with van der Waals surface area (Å²) in [5.74, 6) is -0.523. The number of hydrogen-bond donors (Lipinski definition) is 1. The molecule has 4 heterocycles. The topological polar surface area (TPSA) is 89.1 Å². The van der Waals surface area contributed by atoms with Gasteiger partial charge < -0.3 is 4.90 Å². The van der Waals surface area contributed by atoms with Gasteiger partial charge in [0.05, 0.1) is 13.1 Å². The molecule has 1 aromatic carbocycles. The molecule has 3 aliphatic rings. The molecule has 0 spiro atoms. The minimum Gasteiger partial charge on any atom is -0.369 e. The Morgan fingerprint density at radius 3 is 2.53 bits per heavy atom. The van der Waals surface area contributed by atoms with Gasteiger partial charge in [0.15, 0.2) is 0 Å². The Kier molecular flexibility index (Phi) is 5.44. The van der Waals surface area contributed by atoms with E-state index in [2.05, 4.69) is 26.2 Å². The number of nitrogens with one attached hydrogen (secondary N) is 1. The van der Waals surface area contributed by atoms with Gasteiger partial charge in [-0.3, -0.25) is 19.8 Å². The van der Waals surface area contributed by atoms with Gasteiger partial charge in [0, 0.05) is 56.6 Å². The normalized spacial score (nSPS) is 19.4. The quantitative estimate of drug-likeness (QED) is 0.709. The van der Waals surface area contributed by atoms with Gasteiger partial charge >= 0.3 is 6.03 Å². The van der Waals surface area contributed by atoms with Gasteiger partial charge in [-0.25, -0.2) is 19.8 Å². The highest BCUT2D eigenvalue weighted by Gasteiger charge is 2.36. The minimum atomic E-state index is -0.545. The van der Waals surface area contributed by atoms with E-state index in [9.17, 15) is 14.4 Å². The van der Waals surface area contributed by atoms with Crippen LogP contribution in [0.15, 0.2) is 36.5 Å². The molecule has 1 aromatic heterocycles. The van der Waals surface area contributed by atoms with E-state index in [1.807, 2.05) is 24.3 Å². The number of anilines is 1. The van der Waals surface area contributed by atoms with Crippen LogP contribution < -0.4 is 10.2 Å². The molecular formula is C22H23ClN6O3. The summed E-state index contributed by atoms with van der Waals surface area (Å²) in [7, 11) is 0. The van der Waals surface area contributed by atoms with Crippen LogP contribution in [0.2, 0.25) is 5.15 Å². The van der Waals surface area contributed by atoms with Crippen molar-refractivity contribution in [2.75, 3.05) is 37.6 Å². The lowest BCUT2D eigenvalue weighted by Crippen LogP contribution is -2.56. The molecule has 2 fully saturated rings. The van der Waals surface area contributed by atoms with E-state index in [4.69, 9.17) is 11.6 Å². The number of carbonyl (C=O) groups is 3. The van der Waals surface area contributed by atoms with Crippen molar-refractivity contribution in [3.05, 3.63) is 58.4 Å². The third kappa shape index (κ3) is 4.01. The van der Waals surface area contributed by atoms with Crippen LogP contribution in [0.4, 0.5) is 10.5 Å². The number of urea groups is 1. The minimum absolute atomic E-state index is 0.189. The van der Waals surface area contributed by atoms with Crippen LogP contribution in [-0.4, -0.2) is 70.5 Å². The van der Waals surface area contributed by atoms with Crippen molar-refractivity contribution in [2.45, 2.75) is 19.5 Å². The highest BCUT2D eigenvalue weighted by molar-refractivity contribution is 6.29. The fourth-order valence-electron chi connectivity index (χ4n) is 4.45. The van der Waals surface area contributed by atoms with Gasteiger partial charge in [0.2, 0.25) is 5.91 Å². The summed E-state index contributed by atoms with van der Waals surface area (Å²) in [6, 6.07) is 9.19. The maximum absolute atomic E-state index is 12.8. The summed E-state index contributed by atoms with van der Waals surface area (Å²) in [6.07, 6.45) is 1.92. The molecule has 0 bridgehead atoms. The number of halogens is 1.